The molecule has 0 saturated carbocycles. The monoisotopic (exact) mass is 270 g/mol. The summed E-state index contributed by atoms with van der Waals surface area (Å²) in [7, 11) is 0. The van der Waals surface area contributed by atoms with Crippen molar-refractivity contribution < 1.29 is 4.74 Å². The molecule has 0 aliphatic carbocycles. The molecule has 2 aromatic rings. The number of hydrogen-bond donors (Lipinski definition) is 0. The Hall–Kier alpha value is -1.72. The molecule has 5 nitrogen and oxygen atoms in total. The van der Waals surface area contributed by atoms with Gasteiger partial charge in [-0.05, 0) is 12.5 Å². The van der Waals surface area contributed by atoms with Crippen molar-refractivity contribution in [2.24, 2.45) is 0 Å². The van der Waals surface area contributed by atoms with Crippen LogP contribution in [0.4, 0.5) is 0 Å². The van der Waals surface area contributed by atoms with Crippen LogP contribution < -0.4 is 0 Å². The van der Waals surface area contributed by atoms with E-state index in [0.29, 0.717) is 12.6 Å². The third kappa shape index (κ3) is 1.94. The molecular weight excluding hydrogens is 252 g/mol. The Morgan fingerprint density at radius 2 is 2.10 bits per heavy atom. The van der Waals surface area contributed by atoms with Gasteiger partial charge in [0.25, 0.3) is 0 Å². The van der Waals surface area contributed by atoms with E-state index >= 15 is 0 Å². The minimum atomic E-state index is 0.243. The normalized spacial score (nSPS) is 25.4. The molecule has 104 valence electrons. The fourth-order valence-corrected chi connectivity index (χ4v) is 3.22. The Kier molecular flexibility index (Phi) is 2.82. The number of aromatic nitrogens is 3. The van der Waals surface area contributed by atoms with Crippen LogP contribution in [-0.4, -0.2) is 39.1 Å². The number of ether oxygens (including phenoxy) is 1. The molecule has 2 aliphatic rings. The average Bonchev–Trinajstić information content (AvgIpc) is 3.03. The largest absolute Gasteiger partial charge is 0.368 e. The van der Waals surface area contributed by atoms with E-state index in [2.05, 4.69) is 50.2 Å². The van der Waals surface area contributed by atoms with Gasteiger partial charge in [-0.1, -0.05) is 35.5 Å². The lowest BCUT2D eigenvalue weighted by atomic mass is 10.1. The molecule has 5 heteroatoms. The lowest BCUT2D eigenvalue weighted by Crippen LogP contribution is -2.32. The Labute approximate surface area is 118 Å². The van der Waals surface area contributed by atoms with E-state index < -0.39 is 0 Å². The molecule has 0 spiro atoms. The third-order valence-corrected chi connectivity index (χ3v) is 4.30. The number of nitrogens with zero attached hydrogens (tertiary/aromatic N) is 4. The second-order valence-corrected chi connectivity index (χ2v) is 5.66. The molecule has 0 bridgehead atoms. The van der Waals surface area contributed by atoms with E-state index in [9.17, 15) is 0 Å². The summed E-state index contributed by atoms with van der Waals surface area (Å²) in [5, 5.41) is 8.48. The van der Waals surface area contributed by atoms with Gasteiger partial charge in [0.05, 0.1) is 30.1 Å². The summed E-state index contributed by atoms with van der Waals surface area (Å²) < 4.78 is 8.07. The minimum absolute atomic E-state index is 0.243. The number of aryl methyl sites for hydroxylation is 1. The van der Waals surface area contributed by atoms with Gasteiger partial charge in [-0.2, -0.15) is 0 Å². The molecule has 0 N–H and O–H groups in total. The number of rotatable bonds is 2. The molecule has 3 heterocycles. The van der Waals surface area contributed by atoms with Crippen LogP contribution in [0.1, 0.15) is 23.0 Å². The highest BCUT2D eigenvalue weighted by Gasteiger charge is 2.39. The van der Waals surface area contributed by atoms with Crippen molar-refractivity contribution in [1.29, 1.82) is 0 Å². The van der Waals surface area contributed by atoms with Crippen molar-refractivity contribution in [3.63, 3.8) is 0 Å². The maximum absolute atomic E-state index is 5.99. The zero-order valence-electron chi connectivity index (χ0n) is 11.6. The van der Waals surface area contributed by atoms with Crippen molar-refractivity contribution in [2.75, 3.05) is 13.1 Å². The maximum atomic E-state index is 5.99. The Balaban J connectivity index is 1.53. The summed E-state index contributed by atoms with van der Waals surface area (Å²) >= 11 is 0. The Bertz CT molecular complexity index is 610. The first-order valence-corrected chi connectivity index (χ1v) is 7.10. The summed E-state index contributed by atoms with van der Waals surface area (Å²) in [4.78, 5) is 2.44. The van der Waals surface area contributed by atoms with E-state index in [1.54, 1.807) is 0 Å². The first-order valence-electron chi connectivity index (χ1n) is 7.10. The molecule has 1 aromatic heterocycles. The molecular formula is C15H18N4O. The molecule has 1 fully saturated rings. The van der Waals surface area contributed by atoms with Gasteiger partial charge in [0.15, 0.2) is 0 Å². The fraction of sp³-hybridized carbons (Fsp3) is 0.467. The van der Waals surface area contributed by atoms with Crippen molar-refractivity contribution in [3.05, 3.63) is 47.3 Å². The van der Waals surface area contributed by atoms with Gasteiger partial charge in [-0.25, -0.2) is 4.68 Å². The number of hydrogen-bond acceptors (Lipinski definition) is 4. The van der Waals surface area contributed by atoms with Crippen molar-refractivity contribution >= 4 is 0 Å². The summed E-state index contributed by atoms with van der Waals surface area (Å²) in [6.45, 7) is 5.56. The van der Waals surface area contributed by atoms with Gasteiger partial charge in [-0.15, -0.1) is 5.10 Å². The van der Waals surface area contributed by atoms with Gasteiger partial charge in [0.1, 0.15) is 0 Å². The Morgan fingerprint density at radius 3 is 2.95 bits per heavy atom. The number of benzene rings is 1. The second kappa shape index (κ2) is 4.68. The molecule has 2 aliphatic heterocycles. The zero-order chi connectivity index (χ0) is 13.5. The molecule has 4 rings (SSSR count). The predicted octanol–water partition coefficient (Wildman–Crippen LogP) is 1.54. The topological polar surface area (TPSA) is 43.2 Å². The summed E-state index contributed by atoms with van der Waals surface area (Å²) in [5.74, 6) is 0. The maximum Gasteiger partial charge on any atom is 0.0944 e. The summed E-state index contributed by atoms with van der Waals surface area (Å²) in [5.41, 5.74) is 3.47. The first-order chi connectivity index (χ1) is 9.81. The van der Waals surface area contributed by atoms with Crippen LogP contribution in [0, 0.1) is 6.92 Å². The van der Waals surface area contributed by atoms with E-state index in [1.165, 1.54) is 5.56 Å². The van der Waals surface area contributed by atoms with Crippen LogP contribution in [0.3, 0.4) is 0 Å². The van der Waals surface area contributed by atoms with Crippen LogP contribution in [0.15, 0.2) is 30.3 Å². The van der Waals surface area contributed by atoms with Crippen LogP contribution in [-0.2, 0) is 17.9 Å². The summed E-state index contributed by atoms with van der Waals surface area (Å²) in [6, 6.07) is 10.9. The van der Waals surface area contributed by atoms with Crippen molar-refractivity contribution in [3.8, 4) is 0 Å². The molecule has 0 amide bonds. The smallest absolute Gasteiger partial charge is 0.0944 e. The fourth-order valence-electron chi connectivity index (χ4n) is 3.22. The van der Waals surface area contributed by atoms with Crippen LogP contribution in [0.5, 0.6) is 0 Å². The van der Waals surface area contributed by atoms with Crippen molar-refractivity contribution in [1.82, 2.24) is 19.9 Å². The van der Waals surface area contributed by atoms with E-state index in [1.807, 2.05) is 6.92 Å². The van der Waals surface area contributed by atoms with Crippen LogP contribution in [0.2, 0.25) is 0 Å². The molecule has 0 unspecified atom stereocenters. The number of likely N-dealkylation sites (tertiary alicyclic amines) is 1. The quantitative estimate of drug-likeness (QED) is 0.830. The van der Waals surface area contributed by atoms with Gasteiger partial charge < -0.3 is 4.74 Å². The molecule has 0 radical (unpaired) electrons. The molecule has 20 heavy (non-hydrogen) atoms. The van der Waals surface area contributed by atoms with E-state index in [0.717, 1.165) is 31.0 Å². The van der Waals surface area contributed by atoms with Gasteiger partial charge >= 0.3 is 0 Å². The highest BCUT2D eigenvalue weighted by molar-refractivity contribution is 5.16. The zero-order valence-corrected chi connectivity index (χ0v) is 11.6. The highest BCUT2D eigenvalue weighted by Crippen LogP contribution is 2.31. The molecule has 2 atom stereocenters. The predicted molar refractivity (Wildman–Crippen MR) is 74.1 cm³/mol. The minimum Gasteiger partial charge on any atom is -0.368 e. The van der Waals surface area contributed by atoms with Gasteiger partial charge in [0.2, 0.25) is 0 Å². The van der Waals surface area contributed by atoms with Gasteiger partial charge in [-0.3, -0.25) is 4.90 Å². The lowest BCUT2D eigenvalue weighted by Gasteiger charge is -2.26. The number of fused-ring (bicyclic) bond motifs is 3. The van der Waals surface area contributed by atoms with Crippen molar-refractivity contribution in [2.45, 2.75) is 32.2 Å². The van der Waals surface area contributed by atoms with Gasteiger partial charge in [0, 0.05) is 19.6 Å². The molecule has 1 saturated heterocycles. The van der Waals surface area contributed by atoms with E-state index in [4.69, 9.17) is 4.74 Å². The lowest BCUT2D eigenvalue weighted by molar-refractivity contribution is -0.00549. The van der Waals surface area contributed by atoms with Crippen LogP contribution >= 0.6 is 0 Å². The summed E-state index contributed by atoms with van der Waals surface area (Å²) in [6.07, 6.45) is 0.243. The second-order valence-electron chi connectivity index (χ2n) is 5.66. The first kappa shape index (κ1) is 12.1. The third-order valence-electron chi connectivity index (χ3n) is 4.30. The van der Waals surface area contributed by atoms with Crippen LogP contribution in [0.25, 0.3) is 0 Å². The highest BCUT2D eigenvalue weighted by atomic mass is 16.5. The van der Waals surface area contributed by atoms with E-state index in [-0.39, 0.29) is 6.10 Å². The molecule has 1 aromatic carbocycles. The average molecular weight is 270 g/mol. The standard InChI is InChI=1S/C15H18N4O/c1-11-14-10-20-15-9-18(7-12-5-3-2-4-6-12)8-13(15)19(14)17-16-11/h2-6,13,15H,7-10H2,1H3/t13-,15-/m1/s1. The Morgan fingerprint density at radius 1 is 1.25 bits per heavy atom. The SMILES string of the molecule is Cc1nnn2c1CO[C@@H]1CN(Cc3ccccc3)C[C@H]12.